The minimum atomic E-state index is 0.293. The quantitative estimate of drug-likeness (QED) is 0.543. The van der Waals surface area contributed by atoms with Crippen molar-refractivity contribution < 1.29 is 4.74 Å². The van der Waals surface area contributed by atoms with Gasteiger partial charge in [-0.3, -0.25) is 0 Å². The van der Waals surface area contributed by atoms with E-state index in [1.165, 1.54) is 16.7 Å². The summed E-state index contributed by atoms with van der Waals surface area (Å²) in [4.78, 5) is 9.79. The van der Waals surface area contributed by atoms with E-state index in [-0.39, 0.29) is 0 Å². The summed E-state index contributed by atoms with van der Waals surface area (Å²) in [6.07, 6.45) is 8.44. The molecule has 0 N–H and O–H groups in total. The van der Waals surface area contributed by atoms with Gasteiger partial charge in [-0.1, -0.05) is 57.5 Å². The number of nitrogens with zero attached hydrogens (tertiary/aromatic N) is 2. The highest BCUT2D eigenvalue weighted by molar-refractivity contribution is 5.66. The minimum absolute atomic E-state index is 0.293. The normalized spacial score (nSPS) is 12.5. The molecule has 3 nitrogen and oxygen atoms in total. The maximum atomic E-state index is 5.72. The lowest BCUT2D eigenvalue weighted by Gasteiger charge is -2.20. The molecule has 1 aromatic carbocycles. The topological polar surface area (TPSA) is 35.0 Å². The van der Waals surface area contributed by atoms with E-state index in [0.717, 1.165) is 42.8 Å². The lowest BCUT2D eigenvalue weighted by Crippen LogP contribution is -2.09. The first-order valence-corrected chi connectivity index (χ1v) is 9.77. The molecule has 2 aromatic rings. The molecule has 1 heterocycles. The molecule has 0 radical (unpaired) electrons. The molecule has 0 fully saturated rings. The van der Waals surface area contributed by atoms with Crippen LogP contribution in [0.5, 0.6) is 5.88 Å². The van der Waals surface area contributed by atoms with Crippen molar-refractivity contribution in [1.29, 1.82) is 0 Å². The van der Waals surface area contributed by atoms with E-state index in [9.17, 15) is 0 Å². The van der Waals surface area contributed by atoms with Gasteiger partial charge in [0, 0.05) is 22.7 Å². The zero-order chi connectivity index (χ0) is 19.1. The fourth-order valence-corrected chi connectivity index (χ4v) is 3.66. The second-order valence-electron chi connectivity index (χ2n) is 6.63. The fraction of sp³-hybridized carbons (Fsp3) is 0.478. The van der Waals surface area contributed by atoms with E-state index < -0.39 is 0 Å². The molecule has 2 rings (SSSR count). The van der Waals surface area contributed by atoms with Crippen LogP contribution in [0.15, 0.2) is 30.4 Å². The van der Waals surface area contributed by atoms with E-state index in [1.807, 2.05) is 0 Å². The van der Waals surface area contributed by atoms with Gasteiger partial charge in [-0.25, -0.2) is 4.98 Å². The Morgan fingerprint density at radius 2 is 1.73 bits per heavy atom. The largest absolute Gasteiger partial charge is 0.481 e. The molecule has 0 bridgehead atoms. The molecule has 0 amide bonds. The van der Waals surface area contributed by atoms with Gasteiger partial charge in [-0.2, -0.15) is 4.98 Å². The summed E-state index contributed by atoms with van der Waals surface area (Å²) in [5.41, 5.74) is 5.87. The van der Waals surface area contributed by atoms with E-state index in [4.69, 9.17) is 14.7 Å². The van der Waals surface area contributed by atoms with Crippen LogP contribution >= 0.6 is 0 Å². The molecular weight excluding hydrogens is 320 g/mol. The molecule has 1 atom stereocenters. The summed E-state index contributed by atoms with van der Waals surface area (Å²) in [6, 6.07) is 6.48. The second-order valence-corrected chi connectivity index (χ2v) is 6.63. The number of benzene rings is 1. The lowest BCUT2D eigenvalue weighted by molar-refractivity contribution is 0.388. The number of aromatic nitrogens is 2. The number of hydrogen-bond acceptors (Lipinski definition) is 3. The third-order valence-electron chi connectivity index (χ3n) is 4.91. The Balaban J connectivity index is 2.67. The van der Waals surface area contributed by atoms with Crippen molar-refractivity contribution in [1.82, 2.24) is 9.97 Å². The maximum Gasteiger partial charge on any atom is 0.220 e. The molecule has 0 saturated heterocycles. The number of methoxy groups -OCH3 is 1. The molecule has 0 aliphatic heterocycles. The number of allylic oxidation sites excluding steroid dienone is 2. The van der Waals surface area contributed by atoms with E-state index in [2.05, 4.69) is 65.0 Å². The van der Waals surface area contributed by atoms with Crippen molar-refractivity contribution in [3.8, 4) is 17.3 Å². The highest BCUT2D eigenvalue weighted by Crippen LogP contribution is 2.35. The molecule has 1 unspecified atom stereocenters. The number of rotatable bonds is 8. The zero-order valence-corrected chi connectivity index (χ0v) is 17.1. The molecule has 3 heteroatoms. The van der Waals surface area contributed by atoms with Crippen LogP contribution in [-0.2, 0) is 12.8 Å². The molecular formula is C23H32N2O. The van der Waals surface area contributed by atoms with Crippen LogP contribution in [-0.4, -0.2) is 17.1 Å². The summed E-state index contributed by atoms with van der Waals surface area (Å²) >= 11 is 0. The van der Waals surface area contributed by atoms with E-state index >= 15 is 0 Å². The third-order valence-corrected chi connectivity index (χ3v) is 4.91. The Hall–Kier alpha value is -2.16. The summed E-state index contributed by atoms with van der Waals surface area (Å²) in [5, 5.41) is 0. The first-order chi connectivity index (χ1) is 12.6. The van der Waals surface area contributed by atoms with Gasteiger partial charge in [0.1, 0.15) is 0 Å². The molecule has 26 heavy (non-hydrogen) atoms. The van der Waals surface area contributed by atoms with Gasteiger partial charge in [0.15, 0.2) is 5.82 Å². The summed E-state index contributed by atoms with van der Waals surface area (Å²) in [7, 11) is 1.71. The SMILES string of the molecule is CC=CC(CCC)c1c(C)nc(-c2c(CC)cccc2CC)nc1OC. The van der Waals surface area contributed by atoms with E-state index in [0.29, 0.717) is 11.8 Å². The monoisotopic (exact) mass is 352 g/mol. The first kappa shape index (κ1) is 20.2. The molecule has 0 aliphatic carbocycles. The number of ether oxygens (including phenoxy) is 1. The van der Waals surface area contributed by atoms with Crippen molar-refractivity contribution in [2.75, 3.05) is 7.11 Å². The van der Waals surface area contributed by atoms with Crippen LogP contribution < -0.4 is 4.74 Å². The van der Waals surface area contributed by atoms with Gasteiger partial charge in [0.2, 0.25) is 5.88 Å². The second kappa shape index (κ2) is 9.51. The summed E-state index contributed by atoms with van der Waals surface area (Å²) in [5.74, 6) is 1.78. The predicted octanol–water partition coefficient (Wildman–Crippen LogP) is 6.05. The molecule has 0 spiro atoms. The van der Waals surface area contributed by atoms with Crippen molar-refractivity contribution in [2.45, 2.75) is 66.2 Å². The highest BCUT2D eigenvalue weighted by atomic mass is 16.5. The number of hydrogen-bond donors (Lipinski definition) is 0. The van der Waals surface area contributed by atoms with Gasteiger partial charge in [0.05, 0.1) is 7.11 Å². The molecule has 1 aromatic heterocycles. The Labute approximate surface area is 158 Å². The highest BCUT2D eigenvalue weighted by Gasteiger charge is 2.21. The maximum absolute atomic E-state index is 5.72. The smallest absolute Gasteiger partial charge is 0.220 e. The van der Waals surface area contributed by atoms with Crippen LogP contribution in [0.2, 0.25) is 0 Å². The van der Waals surface area contributed by atoms with Gasteiger partial charge in [0.25, 0.3) is 0 Å². The number of aryl methyl sites for hydroxylation is 3. The van der Waals surface area contributed by atoms with Crippen molar-refractivity contribution >= 4 is 0 Å². The molecule has 0 saturated carbocycles. The Morgan fingerprint density at radius 1 is 1.08 bits per heavy atom. The Bertz CT molecular complexity index is 743. The predicted molar refractivity (Wildman–Crippen MR) is 110 cm³/mol. The van der Waals surface area contributed by atoms with Crippen LogP contribution in [0.1, 0.15) is 68.8 Å². The van der Waals surface area contributed by atoms with Crippen molar-refractivity contribution in [2.24, 2.45) is 0 Å². The van der Waals surface area contributed by atoms with Crippen LogP contribution in [0.4, 0.5) is 0 Å². The van der Waals surface area contributed by atoms with Gasteiger partial charge >= 0.3 is 0 Å². The average molecular weight is 353 g/mol. The Morgan fingerprint density at radius 3 is 2.23 bits per heavy atom. The van der Waals surface area contributed by atoms with Crippen molar-refractivity contribution in [3.05, 3.63) is 52.7 Å². The van der Waals surface area contributed by atoms with Gasteiger partial charge in [-0.05, 0) is 44.2 Å². The molecule has 140 valence electrons. The standard InChI is InChI=1S/C23H32N2O/c1-7-12-19(13-8-2)20-16(5)24-22(25-23(20)26-6)21-17(9-3)14-11-15-18(21)10-4/h7,11-12,14-15,19H,8-10,13H2,1-6H3. The summed E-state index contributed by atoms with van der Waals surface area (Å²) < 4.78 is 5.72. The van der Waals surface area contributed by atoms with Crippen molar-refractivity contribution in [3.63, 3.8) is 0 Å². The van der Waals surface area contributed by atoms with E-state index in [1.54, 1.807) is 7.11 Å². The molecule has 0 aliphatic rings. The minimum Gasteiger partial charge on any atom is -0.481 e. The Kier molecular flexibility index (Phi) is 7.38. The average Bonchev–Trinajstić information content (AvgIpc) is 2.66. The zero-order valence-electron chi connectivity index (χ0n) is 17.1. The lowest BCUT2D eigenvalue weighted by atomic mass is 9.92. The van der Waals surface area contributed by atoms with Gasteiger partial charge in [-0.15, -0.1) is 0 Å². The first-order valence-electron chi connectivity index (χ1n) is 9.77. The fourth-order valence-electron chi connectivity index (χ4n) is 3.66. The van der Waals surface area contributed by atoms with Gasteiger partial charge < -0.3 is 4.74 Å². The summed E-state index contributed by atoms with van der Waals surface area (Å²) in [6.45, 7) is 10.7. The van der Waals surface area contributed by atoms with Crippen LogP contribution in [0.25, 0.3) is 11.4 Å². The van der Waals surface area contributed by atoms with Crippen LogP contribution in [0, 0.1) is 6.92 Å². The third kappa shape index (κ3) is 4.14. The van der Waals surface area contributed by atoms with Crippen LogP contribution in [0.3, 0.4) is 0 Å².